The third-order valence-electron chi connectivity index (χ3n) is 1.90. The highest BCUT2D eigenvalue weighted by molar-refractivity contribution is 8.00. The van der Waals surface area contributed by atoms with Crippen LogP contribution in [-0.2, 0) is 0 Å². The van der Waals surface area contributed by atoms with Crippen LogP contribution >= 0.6 is 23.4 Å². The highest BCUT2D eigenvalue weighted by atomic mass is 35.5. The SMILES string of the molecule is CCC(CC#N)Sc1ccccc1Cl. The normalized spacial score (nSPS) is 12.1. The topological polar surface area (TPSA) is 23.8 Å². The van der Waals surface area contributed by atoms with Crippen LogP contribution in [0.4, 0.5) is 0 Å². The summed E-state index contributed by atoms with van der Waals surface area (Å²) >= 11 is 7.71. The standard InChI is InChI=1S/C11H12ClNS/c1-2-9(7-8-13)14-11-6-4-3-5-10(11)12/h3-6,9H,2,7H2,1H3. The lowest BCUT2D eigenvalue weighted by Crippen LogP contribution is -1.98. The van der Waals surface area contributed by atoms with Gasteiger partial charge in [-0.05, 0) is 18.6 Å². The molecule has 1 nitrogen and oxygen atoms in total. The number of nitriles is 1. The van der Waals surface area contributed by atoms with Crippen LogP contribution in [0.5, 0.6) is 0 Å². The molecule has 0 aliphatic rings. The average molecular weight is 226 g/mol. The number of hydrogen-bond acceptors (Lipinski definition) is 2. The number of rotatable bonds is 4. The van der Waals surface area contributed by atoms with Gasteiger partial charge in [0.25, 0.3) is 0 Å². The average Bonchev–Trinajstić information content (AvgIpc) is 2.20. The van der Waals surface area contributed by atoms with Crippen LogP contribution < -0.4 is 0 Å². The summed E-state index contributed by atoms with van der Waals surface area (Å²) in [5, 5.41) is 9.74. The lowest BCUT2D eigenvalue weighted by molar-refractivity contribution is 0.842. The highest BCUT2D eigenvalue weighted by Gasteiger charge is 2.09. The van der Waals surface area contributed by atoms with Gasteiger partial charge < -0.3 is 0 Å². The number of benzene rings is 1. The van der Waals surface area contributed by atoms with Crippen molar-refractivity contribution in [2.75, 3.05) is 0 Å². The van der Waals surface area contributed by atoms with Gasteiger partial charge in [0.15, 0.2) is 0 Å². The lowest BCUT2D eigenvalue weighted by atomic mass is 10.3. The van der Waals surface area contributed by atoms with Gasteiger partial charge in [-0.15, -0.1) is 11.8 Å². The molecule has 14 heavy (non-hydrogen) atoms. The van der Waals surface area contributed by atoms with Crippen LogP contribution in [0.2, 0.25) is 5.02 Å². The molecule has 0 radical (unpaired) electrons. The third-order valence-corrected chi connectivity index (χ3v) is 3.79. The smallest absolute Gasteiger partial charge is 0.0633 e. The van der Waals surface area contributed by atoms with Crippen molar-refractivity contribution in [1.29, 1.82) is 5.26 Å². The minimum absolute atomic E-state index is 0.347. The van der Waals surface area contributed by atoms with Crippen molar-refractivity contribution in [3.63, 3.8) is 0 Å². The third kappa shape index (κ3) is 3.25. The first kappa shape index (κ1) is 11.4. The molecule has 0 heterocycles. The molecule has 0 bridgehead atoms. The molecular weight excluding hydrogens is 214 g/mol. The lowest BCUT2D eigenvalue weighted by Gasteiger charge is -2.11. The van der Waals surface area contributed by atoms with E-state index in [-0.39, 0.29) is 0 Å². The summed E-state index contributed by atoms with van der Waals surface area (Å²) in [6.07, 6.45) is 1.57. The summed E-state index contributed by atoms with van der Waals surface area (Å²) in [6, 6.07) is 9.95. The van der Waals surface area contributed by atoms with Crippen LogP contribution in [-0.4, -0.2) is 5.25 Å². The van der Waals surface area contributed by atoms with Gasteiger partial charge in [0.05, 0.1) is 11.1 Å². The Hall–Kier alpha value is -0.650. The monoisotopic (exact) mass is 225 g/mol. The second kappa shape index (κ2) is 5.95. The largest absolute Gasteiger partial charge is 0.198 e. The van der Waals surface area contributed by atoms with E-state index in [1.165, 1.54) is 0 Å². The van der Waals surface area contributed by atoms with Gasteiger partial charge in [0.1, 0.15) is 0 Å². The minimum Gasteiger partial charge on any atom is -0.198 e. The molecule has 74 valence electrons. The van der Waals surface area contributed by atoms with E-state index in [2.05, 4.69) is 13.0 Å². The molecule has 0 spiro atoms. The Labute approximate surface area is 94.1 Å². The fourth-order valence-corrected chi connectivity index (χ4v) is 2.38. The van der Waals surface area contributed by atoms with E-state index in [0.717, 1.165) is 16.3 Å². The zero-order valence-electron chi connectivity index (χ0n) is 8.03. The zero-order valence-corrected chi connectivity index (χ0v) is 9.61. The molecule has 1 aromatic rings. The molecule has 0 saturated heterocycles. The van der Waals surface area contributed by atoms with Gasteiger partial charge in [-0.1, -0.05) is 30.7 Å². The van der Waals surface area contributed by atoms with Crippen molar-refractivity contribution in [3.8, 4) is 6.07 Å². The van der Waals surface area contributed by atoms with E-state index < -0.39 is 0 Å². The Bertz CT molecular complexity index is 332. The Morgan fingerprint density at radius 1 is 1.50 bits per heavy atom. The summed E-state index contributed by atoms with van der Waals surface area (Å²) in [7, 11) is 0. The predicted molar refractivity (Wildman–Crippen MR) is 61.6 cm³/mol. The Kier molecular flexibility index (Phi) is 4.86. The van der Waals surface area contributed by atoms with Gasteiger partial charge in [-0.2, -0.15) is 5.26 Å². The summed E-state index contributed by atoms with van der Waals surface area (Å²) < 4.78 is 0. The molecule has 1 unspecified atom stereocenters. The summed E-state index contributed by atoms with van der Waals surface area (Å²) in [5.41, 5.74) is 0. The van der Waals surface area contributed by atoms with E-state index in [1.807, 2.05) is 24.3 Å². The van der Waals surface area contributed by atoms with Gasteiger partial charge in [0.2, 0.25) is 0 Å². The summed E-state index contributed by atoms with van der Waals surface area (Å²) in [5.74, 6) is 0. The first-order valence-electron chi connectivity index (χ1n) is 4.56. The number of nitrogens with zero attached hydrogens (tertiary/aromatic N) is 1. The van der Waals surface area contributed by atoms with Gasteiger partial charge in [0, 0.05) is 16.6 Å². The molecule has 0 aliphatic carbocycles. The highest BCUT2D eigenvalue weighted by Crippen LogP contribution is 2.32. The van der Waals surface area contributed by atoms with Gasteiger partial charge in [-0.25, -0.2) is 0 Å². The Morgan fingerprint density at radius 2 is 2.21 bits per heavy atom. The van der Waals surface area contributed by atoms with Gasteiger partial charge >= 0.3 is 0 Å². The van der Waals surface area contributed by atoms with Crippen molar-refractivity contribution in [2.24, 2.45) is 0 Å². The minimum atomic E-state index is 0.347. The molecule has 0 fully saturated rings. The van der Waals surface area contributed by atoms with E-state index >= 15 is 0 Å². The number of thioether (sulfide) groups is 1. The van der Waals surface area contributed by atoms with Crippen molar-refractivity contribution in [2.45, 2.75) is 29.9 Å². The fourth-order valence-electron chi connectivity index (χ4n) is 1.09. The van der Waals surface area contributed by atoms with Crippen molar-refractivity contribution < 1.29 is 0 Å². The number of halogens is 1. The maximum atomic E-state index is 8.62. The number of hydrogen-bond donors (Lipinski definition) is 0. The maximum Gasteiger partial charge on any atom is 0.0633 e. The second-order valence-electron chi connectivity index (χ2n) is 2.94. The predicted octanol–water partition coefficient (Wildman–Crippen LogP) is 4.12. The van der Waals surface area contributed by atoms with Crippen LogP contribution in [0.3, 0.4) is 0 Å². The summed E-state index contributed by atoms with van der Waals surface area (Å²) in [4.78, 5) is 1.07. The maximum absolute atomic E-state index is 8.62. The van der Waals surface area contributed by atoms with Crippen LogP contribution in [0.1, 0.15) is 19.8 Å². The van der Waals surface area contributed by atoms with Crippen molar-refractivity contribution in [1.82, 2.24) is 0 Å². The molecule has 0 amide bonds. The Morgan fingerprint density at radius 3 is 2.79 bits per heavy atom. The second-order valence-corrected chi connectivity index (χ2v) is 4.69. The molecule has 0 aromatic heterocycles. The molecule has 1 aromatic carbocycles. The van der Waals surface area contributed by atoms with E-state index in [9.17, 15) is 0 Å². The van der Waals surface area contributed by atoms with E-state index in [0.29, 0.717) is 11.7 Å². The molecule has 1 atom stereocenters. The van der Waals surface area contributed by atoms with Gasteiger partial charge in [-0.3, -0.25) is 0 Å². The molecular formula is C11H12ClNS. The van der Waals surface area contributed by atoms with Crippen LogP contribution in [0, 0.1) is 11.3 Å². The Balaban J connectivity index is 2.68. The fraction of sp³-hybridized carbons (Fsp3) is 0.364. The molecule has 1 rings (SSSR count). The summed E-state index contributed by atoms with van der Waals surface area (Å²) in [6.45, 7) is 2.09. The quantitative estimate of drug-likeness (QED) is 0.720. The molecule has 0 aliphatic heterocycles. The molecule has 0 N–H and O–H groups in total. The molecule has 0 saturated carbocycles. The van der Waals surface area contributed by atoms with Crippen molar-refractivity contribution >= 4 is 23.4 Å². The van der Waals surface area contributed by atoms with E-state index in [4.69, 9.17) is 16.9 Å². The van der Waals surface area contributed by atoms with E-state index in [1.54, 1.807) is 11.8 Å². The zero-order chi connectivity index (χ0) is 10.4. The first-order valence-corrected chi connectivity index (χ1v) is 5.81. The first-order chi connectivity index (χ1) is 6.77. The van der Waals surface area contributed by atoms with Crippen LogP contribution in [0.15, 0.2) is 29.2 Å². The van der Waals surface area contributed by atoms with Crippen LogP contribution in [0.25, 0.3) is 0 Å². The molecule has 3 heteroatoms. The van der Waals surface area contributed by atoms with Crippen molar-refractivity contribution in [3.05, 3.63) is 29.3 Å².